The molecule has 0 bridgehead atoms. The molecule has 0 saturated carbocycles. The number of H-pyrrole nitrogens is 1. The van der Waals surface area contributed by atoms with E-state index in [1.165, 1.54) is 21.0 Å². The van der Waals surface area contributed by atoms with Crippen molar-refractivity contribution in [2.45, 2.75) is 44.0 Å². The van der Waals surface area contributed by atoms with Gasteiger partial charge in [-0.2, -0.15) is 4.31 Å². The van der Waals surface area contributed by atoms with E-state index in [4.69, 9.17) is 0 Å². The highest BCUT2D eigenvalue weighted by Crippen LogP contribution is 2.33. The Labute approximate surface area is 242 Å². The highest BCUT2D eigenvalue weighted by Gasteiger charge is 2.32. The third kappa shape index (κ3) is 5.56. The van der Waals surface area contributed by atoms with Crippen molar-refractivity contribution in [1.82, 2.24) is 19.1 Å². The number of piperazine rings is 1. The summed E-state index contributed by atoms with van der Waals surface area (Å²) >= 11 is 0. The zero-order valence-electron chi connectivity index (χ0n) is 23.8. The van der Waals surface area contributed by atoms with Gasteiger partial charge >= 0.3 is 0 Å². The second-order valence-corrected chi connectivity index (χ2v) is 13.4. The Hall–Kier alpha value is -3.46. The maximum absolute atomic E-state index is 13.9. The minimum absolute atomic E-state index is 0.0572. The third-order valence-electron chi connectivity index (χ3n) is 8.78. The molecular formula is C33H38N4O3S. The number of carbonyl (C=O) groups excluding carboxylic acids is 1. The highest BCUT2D eigenvalue weighted by molar-refractivity contribution is 7.89. The number of likely N-dealkylation sites (tertiary alicyclic amines) is 1. The van der Waals surface area contributed by atoms with Crippen LogP contribution in [0.4, 0.5) is 0 Å². The fraction of sp³-hybridized carbons (Fsp3) is 0.364. The molecule has 2 fully saturated rings. The van der Waals surface area contributed by atoms with Crippen molar-refractivity contribution in [2.24, 2.45) is 0 Å². The van der Waals surface area contributed by atoms with Crippen molar-refractivity contribution >= 4 is 26.8 Å². The van der Waals surface area contributed by atoms with E-state index in [0.29, 0.717) is 36.1 Å². The molecule has 0 aliphatic carbocycles. The smallest absolute Gasteiger partial charge is 0.270 e. The van der Waals surface area contributed by atoms with Crippen molar-refractivity contribution in [3.05, 3.63) is 101 Å². The van der Waals surface area contributed by atoms with Gasteiger partial charge in [-0.15, -0.1) is 0 Å². The number of carbonyl (C=O) groups is 1. The predicted octanol–water partition coefficient (Wildman–Crippen LogP) is 5.31. The first-order valence-corrected chi connectivity index (χ1v) is 16.0. The number of sulfonamides is 1. The van der Waals surface area contributed by atoms with Gasteiger partial charge in [0.2, 0.25) is 10.0 Å². The molecule has 0 radical (unpaired) electrons. The lowest BCUT2D eigenvalue weighted by Crippen LogP contribution is -2.50. The molecule has 1 N–H and O–H groups in total. The van der Waals surface area contributed by atoms with E-state index in [2.05, 4.69) is 48.0 Å². The fourth-order valence-corrected chi connectivity index (χ4v) is 7.85. The lowest BCUT2D eigenvalue weighted by Gasteiger charge is -2.35. The molecule has 0 unspecified atom stereocenters. The van der Waals surface area contributed by atoms with Crippen LogP contribution in [0.25, 0.3) is 10.9 Å². The van der Waals surface area contributed by atoms with Crippen LogP contribution in [0, 0.1) is 13.8 Å². The van der Waals surface area contributed by atoms with Crippen LogP contribution in [0.2, 0.25) is 0 Å². The monoisotopic (exact) mass is 570 g/mol. The van der Waals surface area contributed by atoms with Gasteiger partial charge in [0.15, 0.2) is 0 Å². The number of aryl methyl sites for hydroxylation is 2. The molecule has 4 aromatic rings. The molecule has 2 saturated heterocycles. The molecule has 3 aromatic carbocycles. The van der Waals surface area contributed by atoms with Gasteiger partial charge in [-0.05, 0) is 75.0 Å². The van der Waals surface area contributed by atoms with Crippen LogP contribution in [0.15, 0.2) is 77.7 Å². The average molecular weight is 571 g/mol. The van der Waals surface area contributed by atoms with Crippen LogP contribution in [0.5, 0.6) is 0 Å². The molecule has 3 heterocycles. The molecule has 2 aliphatic rings. The lowest BCUT2D eigenvalue weighted by atomic mass is 9.86. The molecule has 0 spiro atoms. The van der Waals surface area contributed by atoms with E-state index >= 15 is 0 Å². The summed E-state index contributed by atoms with van der Waals surface area (Å²) in [6.45, 7) is 8.35. The third-order valence-corrected chi connectivity index (χ3v) is 10.7. The van der Waals surface area contributed by atoms with Gasteiger partial charge in [0, 0.05) is 49.2 Å². The summed E-state index contributed by atoms with van der Waals surface area (Å²) in [6.07, 6.45) is 2.21. The summed E-state index contributed by atoms with van der Waals surface area (Å²) in [6, 6.07) is 23.4. The molecule has 8 heteroatoms. The Morgan fingerprint density at radius 3 is 2.27 bits per heavy atom. The zero-order valence-corrected chi connectivity index (χ0v) is 24.7. The summed E-state index contributed by atoms with van der Waals surface area (Å²) in [7, 11) is -3.57. The molecule has 0 atom stereocenters. The van der Waals surface area contributed by atoms with Gasteiger partial charge in [0.05, 0.1) is 4.90 Å². The first-order chi connectivity index (χ1) is 19.8. The fourth-order valence-electron chi connectivity index (χ4n) is 6.40. The number of hydrogen-bond acceptors (Lipinski definition) is 4. The van der Waals surface area contributed by atoms with Crippen LogP contribution in [-0.2, 0) is 16.6 Å². The molecular weight excluding hydrogens is 532 g/mol. The Bertz CT molecular complexity index is 1650. The number of hydrogen-bond donors (Lipinski definition) is 1. The zero-order chi connectivity index (χ0) is 28.6. The number of benzene rings is 3. The molecule has 214 valence electrons. The van der Waals surface area contributed by atoms with E-state index in [9.17, 15) is 13.2 Å². The number of aromatic amines is 1. The summed E-state index contributed by atoms with van der Waals surface area (Å²) in [5.74, 6) is 0.511. The number of amides is 1. The predicted molar refractivity (Wildman–Crippen MR) is 163 cm³/mol. The quantitative estimate of drug-likeness (QED) is 0.341. The van der Waals surface area contributed by atoms with Gasteiger partial charge in [-0.3, -0.25) is 9.69 Å². The molecule has 2 aliphatic heterocycles. The summed E-state index contributed by atoms with van der Waals surface area (Å²) < 4.78 is 27.7. The molecule has 41 heavy (non-hydrogen) atoms. The van der Waals surface area contributed by atoms with Crippen molar-refractivity contribution in [1.29, 1.82) is 0 Å². The molecule has 6 rings (SSSR count). The van der Waals surface area contributed by atoms with Gasteiger partial charge in [-0.1, -0.05) is 60.2 Å². The van der Waals surface area contributed by atoms with E-state index < -0.39 is 10.0 Å². The number of aromatic nitrogens is 1. The molecule has 1 aromatic heterocycles. The number of rotatable bonds is 6. The first kappa shape index (κ1) is 27.7. The Morgan fingerprint density at radius 2 is 1.54 bits per heavy atom. The van der Waals surface area contributed by atoms with Gasteiger partial charge in [-0.25, -0.2) is 8.42 Å². The van der Waals surface area contributed by atoms with E-state index in [1.54, 1.807) is 35.2 Å². The Kier molecular flexibility index (Phi) is 7.72. The number of nitrogens with one attached hydrogen (secondary N) is 1. The van der Waals surface area contributed by atoms with Gasteiger partial charge < -0.3 is 9.88 Å². The second kappa shape index (κ2) is 11.4. The van der Waals surface area contributed by atoms with Crippen LogP contribution >= 0.6 is 0 Å². The molecule has 1 amide bonds. The summed E-state index contributed by atoms with van der Waals surface area (Å²) in [5.41, 5.74) is 6.78. The maximum atomic E-state index is 13.9. The SMILES string of the molecule is Cc1ccc(C)c(C2CCN(Cc3c(C(=O)N4CCN(S(=O)(=O)c5ccccc5)CC4)[nH]c4ccccc34)CC2)c1. The number of piperidine rings is 1. The van der Waals surface area contributed by atoms with Crippen molar-refractivity contribution < 1.29 is 13.2 Å². The first-order valence-electron chi connectivity index (χ1n) is 14.5. The Morgan fingerprint density at radius 1 is 0.854 bits per heavy atom. The minimum Gasteiger partial charge on any atom is -0.350 e. The number of fused-ring (bicyclic) bond motifs is 1. The average Bonchev–Trinajstić information content (AvgIpc) is 3.37. The normalized spacial score (nSPS) is 17.8. The minimum atomic E-state index is -3.57. The van der Waals surface area contributed by atoms with Crippen LogP contribution in [-0.4, -0.2) is 72.7 Å². The maximum Gasteiger partial charge on any atom is 0.270 e. The highest BCUT2D eigenvalue weighted by atomic mass is 32.2. The van der Waals surface area contributed by atoms with E-state index in [-0.39, 0.29) is 19.0 Å². The number of nitrogens with zero attached hydrogens (tertiary/aromatic N) is 3. The van der Waals surface area contributed by atoms with E-state index in [0.717, 1.165) is 42.4 Å². The van der Waals surface area contributed by atoms with Crippen LogP contribution in [0.3, 0.4) is 0 Å². The Balaban J connectivity index is 1.16. The summed E-state index contributed by atoms with van der Waals surface area (Å²) in [5, 5.41) is 1.08. The molecule has 7 nitrogen and oxygen atoms in total. The largest absolute Gasteiger partial charge is 0.350 e. The summed E-state index contributed by atoms with van der Waals surface area (Å²) in [4.78, 5) is 21.8. The topological polar surface area (TPSA) is 76.7 Å². The van der Waals surface area contributed by atoms with E-state index in [1.807, 2.05) is 18.2 Å². The van der Waals surface area contributed by atoms with Crippen LogP contribution < -0.4 is 0 Å². The second-order valence-electron chi connectivity index (χ2n) is 11.4. The lowest BCUT2D eigenvalue weighted by molar-refractivity contribution is 0.0690. The number of para-hydroxylation sites is 1. The van der Waals surface area contributed by atoms with Crippen molar-refractivity contribution in [3.8, 4) is 0 Å². The van der Waals surface area contributed by atoms with Crippen molar-refractivity contribution in [2.75, 3.05) is 39.3 Å². The van der Waals surface area contributed by atoms with Crippen molar-refractivity contribution in [3.63, 3.8) is 0 Å². The van der Waals surface area contributed by atoms with Crippen LogP contribution in [0.1, 0.15) is 51.5 Å². The standard InChI is InChI=1S/C33H38N4O3S/c1-24-12-13-25(2)29(22-24)26-14-16-35(17-15-26)23-30-28-10-6-7-11-31(28)34-32(30)33(38)36-18-20-37(21-19-36)41(39,40)27-8-4-3-5-9-27/h3-13,22,26,34H,14-21,23H2,1-2H3. The van der Waals surface area contributed by atoms with Gasteiger partial charge in [0.25, 0.3) is 5.91 Å². The van der Waals surface area contributed by atoms with Gasteiger partial charge in [0.1, 0.15) is 5.69 Å².